The molecule has 2 atom stereocenters. The Morgan fingerprint density at radius 3 is 2.16 bits per heavy atom. The van der Waals surface area contributed by atoms with Crippen LogP contribution >= 0.6 is 0 Å². The SMILES string of the molecule is CC(C)[C@H](NC(=O)CCCCCN1C(=O)C=CC1=O)C(=O)N[C@@H](CCCNC(N)=O)C(=O)Nc1ccc(COC(=O)NCC(F)(F)CNC(=O)c2ccc(CN3CCc4ncc(NC(=O)c5ccc6c(c5)N=C(N)CC(C(N)=O)=C6)cc4C3)cc2)cc1. The van der Waals surface area contributed by atoms with Gasteiger partial charge in [-0.25, -0.2) is 23.4 Å². The number of aliphatic imine (C=N–C) groups is 1. The molecule has 0 radical (unpaired) electrons. The molecule has 3 aliphatic heterocycles. The van der Waals surface area contributed by atoms with E-state index in [-0.39, 0.29) is 80.2 Å². The van der Waals surface area contributed by atoms with Crippen molar-refractivity contribution in [2.24, 2.45) is 28.1 Å². The first-order valence-corrected chi connectivity index (χ1v) is 28.2. The highest BCUT2D eigenvalue weighted by atomic mass is 19.3. The quantitative estimate of drug-likeness (QED) is 0.0285. The molecule has 3 aromatic carbocycles. The number of nitrogens with one attached hydrogen (secondary N) is 7. The number of alkyl carbamates (subject to hydrolysis) is 1. The van der Waals surface area contributed by atoms with Crippen LogP contribution in [0.3, 0.4) is 0 Å². The van der Waals surface area contributed by atoms with E-state index in [9.17, 15) is 56.7 Å². The molecule has 3 aliphatic rings. The van der Waals surface area contributed by atoms with E-state index in [1.165, 1.54) is 48.6 Å². The van der Waals surface area contributed by atoms with Crippen LogP contribution in [0.1, 0.15) is 107 Å². The van der Waals surface area contributed by atoms with Gasteiger partial charge in [-0.15, -0.1) is 0 Å². The maximum atomic E-state index is 14.9. The molecule has 0 unspecified atom stereocenters. The van der Waals surface area contributed by atoms with Crippen LogP contribution in [0.15, 0.2) is 102 Å². The third-order valence-corrected chi connectivity index (χ3v) is 14.2. The molecule has 87 heavy (non-hydrogen) atoms. The lowest BCUT2D eigenvalue weighted by molar-refractivity contribution is -0.137. The molecule has 0 spiro atoms. The summed E-state index contributed by atoms with van der Waals surface area (Å²) < 4.78 is 35.0. The zero-order chi connectivity index (χ0) is 62.8. The second-order valence-electron chi connectivity index (χ2n) is 21.4. The summed E-state index contributed by atoms with van der Waals surface area (Å²) in [6.07, 6.45) is 7.05. The van der Waals surface area contributed by atoms with Gasteiger partial charge in [0.05, 0.1) is 30.7 Å². The van der Waals surface area contributed by atoms with Gasteiger partial charge >= 0.3 is 12.1 Å². The summed E-state index contributed by atoms with van der Waals surface area (Å²) in [5.74, 6) is -7.92. The summed E-state index contributed by atoms with van der Waals surface area (Å²) in [5.41, 5.74) is 22.3. The van der Waals surface area contributed by atoms with Gasteiger partial charge in [0.2, 0.25) is 23.6 Å². The van der Waals surface area contributed by atoms with Crippen molar-refractivity contribution in [1.29, 1.82) is 0 Å². The number of amides is 11. The minimum absolute atomic E-state index is 0.0668. The van der Waals surface area contributed by atoms with Gasteiger partial charge in [0, 0.05) is 97.8 Å². The van der Waals surface area contributed by atoms with Gasteiger partial charge in [0.25, 0.3) is 29.6 Å². The summed E-state index contributed by atoms with van der Waals surface area (Å²) in [4.78, 5) is 138. The molecule has 0 saturated carbocycles. The summed E-state index contributed by atoms with van der Waals surface area (Å²) in [7, 11) is 0. The highest BCUT2D eigenvalue weighted by molar-refractivity contribution is 6.13. The van der Waals surface area contributed by atoms with E-state index in [2.05, 4.69) is 46.8 Å². The van der Waals surface area contributed by atoms with Crippen molar-refractivity contribution in [3.63, 3.8) is 0 Å². The van der Waals surface area contributed by atoms with E-state index in [1.54, 1.807) is 56.5 Å². The van der Waals surface area contributed by atoms with Gasteiger partial charge < -0.3 is 59.2 Å². The summed E-state index contributed by atoms with van der Waals surface area (Å²) in [5, 5.41) is 17.7. The zero-order valence-electron chi connectivity index (χ0n) is 48.1. The number of alkyl halides is 2. The van der Waals surface area contributed by atoms with Crippen LogP contribution in [0.25, 0.3) is 6.08 Å². The fourth-order valence-electron chi connectivity index (χ4n) is 9.50. The molecule has 27 heteroatoms. The Morgan fingerprint density at radius 1 is 0.759 bits per heavy atom. The smallest absolute Gasteiger partial charge is 0.407 e. The Morgan fingerprint density at radius 2 is 1.46 bits per heavy atom. The molecule has 0 fully saturated rings. The van der Waals surface area contributed by atoms with E-state index < -0.39 is 78.7 Å². The van der Waals surface area contributed by atoms with E-state index in [0.717, 1.165) is 21.7 Å². The normalized spacial score (nSPS) is 14.5. The molecular formula is C60H70F2N14O11. The number of amidine groups is 1. The number of pyridine rings is 1. The number of primary amides is 2. The van der Waals surface area contributed by atoms with Crippen LogP contribution in [0.2, 0.25) is 0 Å². The molecule has 7 rings (SSSR count). The highest BCUT2D eigenvalue weighted by Crippen LogP contribution is 2.29. The summed E-state index contributed by atoms with van der Waals surface area (Å²) in [6.45, 7) is 2.92. The average Bonchev–Trinajstić information content (AvgIpc) is 3.92. The largest absolute Gasteiger partial charge is 0.445 e. The molecule has 0 bridgehead atoms. The van der Waals surface area contributed by atoms with Crippen molar-refractivity contribution >= 4 is 88.4 Å². The molecule has 0 saturated heterocycles. The first-order chi connectivity index (χ1) is 41.5. The minimum Gasteiger partial charge on any atom is -0.445 e. The highest BCUT2D eigenvalue weighted by Gasteiger charge is 2.32. The first kappa shape index (κ1) is 64.6. The van der Waals surface area contributed by atoms with E-state index in [4.69, 9.17) is 21.9 Å². The van der Waals surface area contributed by atoms with Crippen molar-refractivity contribution in [1.82, 2.24) is 41.4 Å². The van der Waals surface area contributed by atoms with Gasteiger partial charge in [-0.05, 0) is 96.8 Å². The molecule has 4 aromatic rings. The third-order valence-electron chi connectivity index (χ3n) is 14.2. The van der Waals surface area contributed by atoms with E-state index in [1.807, 2.05) is 11.4 Å². The van der Waals surface area contributed by atoms with Crippen LogP contribution in [-0.4, -0.2) is 131 Å². The standard InChI is InChI=1S/C60H70F2N14O11/c1-35(2)52(74-49(77)8-4-3-5-23-76-50(78)19-20-51(76)79)57(84)73-46(7-6-22-66-58(65)85)56(83)70-43-17-11-37(12-18-43)32-87-59(86)69-34-60(61,62)33-68-54(81)38-13-9-36(10-14-38)30-75-24-21-45-42(31-75)26-44(29-67-45)71-55(82)40-16-15-39-25-41(53(64)80)28-48(63)72-47(39)27-40/h9-20,25-27,29,35,46,52H,3-8,21-24,28,30-34H2,1-2H3,(H2,63,72)(H2,64,80)(H,68,81)(H,69,86)(H,70,83)(H,71,82)(H,73,84)(H,74,77)(H3,65,66,85)/t46-,52-/m0/s1. The zero-order valence-corrected chi connectivity index (χ0v) is 48.1. The van der Waals surface area contributed by atoms with Gasteiger partial charge in [-0.3, -0.25) is 53.1 Å². The number of halogens is 2. The number of carbonyl (C=O) groups is 10. The number of aromatic nitrogens is 1. The summed E-state index contributed by atoms with van der Waals surface area (Å²) >= 11 is 0. The molecule has 4 heterocycles. The minimum atomic E-state index is -3.56. The Hall–Kier alpha value is -9.92. The van der Waals surface area contributed by atoms with Crippen LogP contribution < -0.4 is 54.4 Å². The van der Waals surface area contributed by atoms with Gasteiger partial charge in [-0.2, -0.15) is 0 Å². The number of rotatable bonds is 28. The molecule has 0 aliphatic carbocycles. The number of nitrogens with two attached hydrogens (primary N) is 3. The van der Waals surface area contributed by atoms with Gasteiger partial charge in [0.1, 0.15) is 24.5 Å². The summed E-state index contributed by atoms with van der Waals surface area (Å²) in [6, 6.07) is 16.3. The number of hydrogen-bond donors (Lipinski definition) is 10. The second kappa shape index (κ2) is 30.2. The predicted octanol–water partition coefficient (Wildman–Crippen LogP) is 3.94. The number of unbranched alkanes of at least 4 members (excludes halogenated alkanes) is 2. The number of urea groups is 1. The van der Waals surface area contributed by atoms with Crippen LogP contribution in [-0.2, 0) is 59.6 Å². The maximum absolute atomic E-state index is 14.9. The molecule has 460 valence electrons. The van der Waals surface area contributed by atoms with E-state index in [0.29, 0.717) is 79.0 Å². The molecular weight excluding hydrogens is 1130 g/mol. The fourth-order valence-corrected chi connectivity index (χ4v) is 9.50. The Kier molecular flexibility index (Phi) is 22.5. The average molecular weight is 1200 g/mol. The predicted molar refractivity (Wildman–Crippen MR) is 316 cm³/mol. The number of hydrogen-bond acceptors (Lipinski definition) is 15. The number of benzene rings is 3. The Balaban J connectivity index is 0.809. The maximum Gasteiger partial charge on any atom is 0.407 e. The Bertz CT molecular complexity index is 3340. The number of anilines is 2. The second-order valence-corrected chi connectivity index (χ2v) is 21.4. The van der Waals surface area contributed by atoms with Crippen molar-refractivity contribution in [2.45, 2.75) is 103 Å². The monoisotopic (exact) mass is 1200 g/mol. The van der Waals surface area contributed by atoms with Crippen molar-refractivity contribution in [2.75, 3.05) is 43.4 Å². The lowest BCUT2D eigenvalue weighted by atomic mass is 10.0. The Labute approximate surface area is 499 Å². The topological polar surface area (TPSA) is 374 Å². The number of imide groups is 1. The lowest BCUT2D eigenvalue weighted by Crippen LogP contribution is -2.54. The van der Waals surface area contributed by atoms with Crippen LogP contribution in [0.4, 0.5) is 35.4 Å². The number of fused-ring (bicyclic) bond motifs is 2. The van der Waals surface area contributed by atoms with Gasteiger partial charge in [-0.1, -0.05) is 50.6 Å². The number of carbonyl (C=O) groups excluding carboxylic acids is 10. The third kappa shape index (κ3) is 19.6. The van der Waals surface area contributed by atoms with Crippen molar-refractivity contribution in [3.05, 3.63) is 136 Å². The first-order valence-electron chi connectivity index (χ1n) is 28.2. The molecule has 11 amide bonds. The van der Waals surface area contributed by atoms with Crippen LogP contribution in [0, 0.1) is 5.92 Å². The molecule has 13 N–H and O–H groups in total. The van der Waals surface area contributed by atoms with Gasteiger partial charge in [0.15, 0.2) is 0 Å². The molecule has 25 nitrogen and oxygen atoms in total. The molecule has 1 aromatic heterocycles. The number of nitrogens with zero attached hydrogens (tertiary/aromatic N) is 4. The number of ether oxygens (including phenoxy) is 1. The van der Waals surface area contributed by atoms with Crippen molar-refractivity contribution < 1.29 is 61.5 Å². The fraction of sp³-hybridized carbons (Fsp3) is 0.367. The van der Waals surface area contributed by atoms with Crippen molar-refractivity contribution in [3.8, 4) is 0 Å². The lowest BCUT2D eigenvalue weighted by Gasteiger charge is -2.28. The van der Waals surface area contributed by atoms with E-state index >= 15 is 0 Å². The van der Waals surface area contributed by atoms with Crippen LogP contribution in [0.5, 0.6) is 0 Å².